The maximum atomic E-state index is 12.3. The topological polar surface area (TPSA) is 43.9 Å². The van der Waals surface area contributed by atoms with Gasteiger partial charge in [0.05, 0.1) is 0 Å². The van der Waals surface area contributed by atoms with E-state index in [9.17, 15) is 9.59 Å². The molecule has 5 nitrogen and oxygen atoms in total. The predicted molar refractivity (Wildman–Crippen MR) is 87.5 cm³/mol. The molecule has 124 valence electrons. The number of amides is 2. The first kappa shape index (κ1) is 17.0. The molecule has 0 saturated carbocycles. The second-order valence-electron chi connectivity index (χ2n) is 6.56. The van der Waals surface area contributed by atoms with E-state index in [2.05, 4.69) is 11.5 Å². The predicted octanol–water partition coefficient (Wildman–Crippen LogP) is 1.50. The van der Waals surface area contributed by atoms with Crippen LogP contribution in [0.1, 0.15) is 39.0 Å². The van der Waals surface area contributed by atoms with Crippen molar-refractivity contribution < 1.29 is 9.59 Å². The summed E-state index contributed by atoms with van der Waals surface area (Å²) in [6, 6.07) is 0. The number of hydrogen-bond donors (Lipinski definition) is 0. The highest BCUT2D eigenvalue weighted by atomic mass is 16.2. The largest absolute Gasteiger partial charge is 0.342 e. The number of nitrogens with zero attached hydrogens (tertiary/aromatic N) is 3. The van der Waals surface area contributed by atoms with Crippen molar-refractivity contribution in [2.45, 2.75) is 39.0 Å². The summed E-state index contributed by atoms with van der Waals surface area (Å²) in [5.41, 5.74) is 1.17. The summed E-state index contributed by atoms with van der Waals surface area (Å²) in [5.74, 6) is 0.406. The Labute approximate surface area is 133 Å². The summed E-state index contributed by atoms with van der Waals surface area (Å²) in [4.78, 5) is 30.4. The van der Waals surface area contributed by atoms with E-state index in [0.717, 1.165) is 58.5 Å². The average Bonchev–Trinajstić information content (AvgIpc) is 2.69. The Morgan fingerprint density at radius 1 is 1.09 bits per heavy atom. The molecule has 0 N–H and O–H groups in total. The minimum atomic E-state index is 0.187. The quantitative estimate of drug-likeness (QED) is 0.723. The van der Waals surface area contributed by atoms with E-state index >= 15 is 0 Å². The van der Waals surface area contributed by atoms with Crippen molar-refractivity contribution in [3.63, 3.8) is 0 Å². The first-order valence-corrected chi connectivity index (χ1v) is 8.48. The van der Waals surface area contributed by atoms with E-state index in [4.69, 9.17) is 0 Å². The molecule has 2 aliphatic heterocycles. The summed E-state index contributed by atoms with van der Waals surface area (Å²) in [7, 11) is 0. The lowest BCUT2D eigenvalue weighted by Gasteiger charge is -2.35. The van der Waals surface area contributed by atoms with E-state index in [-0.39, 0.29) is 11.8 Å². The lowest BCUT2D eigenvalue weighted by molar-refractivity contribution is -0.135. The lowest BCUT2D eigenvalue weighted by Crippen LogP contribution is -2.49. The van der Waals surface area contributed by atoms with Crippen LogP contribution in [0, 0.1) is 0 Å². The van der Waals surface area contributed by atoms with Gasteiger partial charge in [-0.15, -0.1) is 0 Å². The molecule has 0 aromatic carbocycles. The van der Waals surface area contributed by atoms with Crippen molar-refractivity contribution in [1.82, 2.24) is 14.7 Å². The van der Waals surface area contributed by atoms with Crippen molar-refractivity contribution in [2.24, 2.45) is 0 Å². The van der Waals surface area contributed by atoms with Gasteiger partial charge in [-0.1, -0.05) is 18.6 Å². The Bertz CT molecular complexity index is 414. The number of hydrogen-bond acceptors (Lipinski definition) is 3. The average molecular weight is 307 g/mol. The third-order valence-electron chi connectivity index (χ3n) is 4.49. The molecule has 0 spiro atoms. The van der Waals surface area contributed by atoms with E-state index in [1.54, 1.807) is 0 Å². The van der Waals surface area contributed by atoms with Crippen LogP contribution in [0.15, 0.2) is 12.2 Å². The zero-order valence-electron chi connectivity index (χ0n) is 13.9. The summed E-state index contributed by atoms with van der Waals surface area (Å²) in [6.07, 6.45) is 4.30. The number of rotatable bonds is 5. The summed E-state index contributed by atoms with van der Waals surface area (Å²) in [6.45, 7) is 11.7. The summed E-state index contributed by atoms with van der Waals surface area (Å²) >= 11 is 0. The van der Waals surface area contributed by atoms with Gasteiger partial charge in [0.25, 0.3) is 0 Å². The van der Waals surface area contributed by atoms with Crippen LogP contribution < -0.4 is 0 Å². The minimum Gasteiger partial charge on any atom is -0.342 e. The molecule has 5 heteroatoms. The molecular formula is C17H29N3O2. The van der Waals surface area contributed by atoms with Gasteiger partial charge in [0.2, 0.25) is 11.8 Å². The smallest absolute Gasteiger partial charge is 0.224 e. The van der Waals surface area contributed by atoms with Crippen LogP contribution in [-0.4, -0.2) is 72.3 Å². The number of likely N-dealkylation sites (tertiary alicyclic amines) is 1. The zero-order chi connectivity index (χ0) is 15.9. The van der Waals surface area contributed by atoms with Crippen molar-refractivity contribution >= 4 is 11.8 Å². The van der Waals surface area contributed by atoms with Gasteiger partial charge in [0, 0.05) is 58.7 Å². The Hall–Kier alpha value is -1.36. The van der Waals surface area contributed by atoms with Gasteiger partial charge in [-0.3, -0.25) is 14.5 Å². The molecule has 0 aromatic rings. The minimum absolute atomic E-state index is 0.187. The molecule has 2 rings (SSSR count). The standard InChI is InChI=1S/C17H29N3O2/c1-15(2)14-18-10-12-20(13-11-18)17(22)7-9-19-8-5-3-4-6-16(19)21/h1,3-14H2,2H3. The molecule has 2 amide bonds. The maximum Gasteiger partial charge on any atom is 0.224 e. The number of carbonyl (C=O) groups is 2. The van der Waals surface area contributed by atoms with Crippen LogP contribution >= 0.6 is 0 Å². The van der Waals surface area contributed by atoms with Gasteiger partial charge in [-0.25, -0.2) is 0 Å². The molecule has 22 heavy (non-hydrogen) atoms. The lowest BCUT2D eigenvalue weighted by atomic mass is 10.2. The first-order chi connectivity index (χ1) is 10.6. The SMILES string of the molecule is C=C(C)CN1CCN(C(=O)CCN2CCCCCC2=O)CC1. The molecule has 0 aliphatic carbocycles. The van der Waals surface area contributed by atoms with E-state index in [0.29, 0.717) is 19.4 Å². The normalized spacial score (nSPS) is 20.9. The van der Waals surface area contributed by atoms with Gasteiger partial charge >= 0.3 is 0 Å². The van der Waals surface area contributed by atoms with Gasteiger partial charge in [-0.2, -0.15) is 0 Å². The van der Waals surface area contributed by atoms with Crippen molar-refractivity contribution in [3.05, 3.63) is 12.2 Å². The molecular weight excluding hydrogens is 278 g/mol. The number of piperazine rings is 1. The molecule has 0 aromatic heterocycles. The zero-order valence-corrected chi connectivity index (χ0v) is 13.9. The highest BCUT2D eigenvalue weighted by Gasteiger charge is 2.22. The van der Waals surface area contributed by atoms with Crippen LogP contribution in [0.3, 0.4) is 0 Å². The highest BCUT2D eigenvalue weighted by Crippen LogP contribution is 2.12. The van der Waals surface area contributed by atoms with Crippen LogP contribution in [0.2, 0.25) is 0 Å². The third kappa shape index (κ3) is 5.13. The van der Waals surface area contributed by atoms with E-state index < -0.39 is 0 Å². The third-order valence-corrected chi connectivity index (χ3v) is 4.49. The Morgan fingerprint density at radius 3 is 2.50 bits per heavy atom. The highest BCUT2D eigenvalue weighted by molar-refractivity contribution is 5.79. The molecule has 0 atom stereocenters. The van der Waals surface area contributed by atoms with Gasteiger partial charge < -0.3 is 9.80 Å². The van der Waals surface area contributed by atoms with Crippen molar-refractivity contribution in [1.29, 1.82) is 0 Å². The van der Waals surface area contributed by atoms with Crippen LogP contribution in [0.25, 0.3) is 0 Å². The first-order valence-electron chi connectivity index (χ1n) is 8.48. The van der Waals surface area contributed by atoms with E-state index in [1.165, 1.54) is 5.57 Å². The molecule has 2 heterocycles. The fourth-order valence-electron chi connectivity index (χ4n) is 3.20. The van der Waals surface area contributed by atoms with E-state index in [1.807, 2.05) is 16.7 Å². The van der Waals surface area contributed by atoms with Gasteiger partial charge in [0.1, 0.15) is 0 Å². The fraction of sp³-hybridized carbons (Fsp3) is 0.765. The molecule has 0 bridgehead atoms. The Balaban J connectivity index is 1.71. The summed E-state index contributed by atoms with van der Waals surface area (Å²) < 4.78 is 0. The molecule has 0 radical (unpaired) electrons. The second-order valence-corrected chi connectivity index (χ2v) is 6.56. The van der Waals surface area contributed by atoms with Crippen molar-refractivity contribution in [2.75, 3.05) is 45.8 Å². The molecule has 2 aliphatic rings. The maximum absolute atomic E-state index is 12.3. The molecule has 2 fully saturated rings. The Kier molecular flexibility index (Phi) is 6.43. The van der Waals surface area contributed by atoms with Gasteiger partial charge in [-0.05, 0) is 19.8 Å². The monoisotopic (exact) mass is 307 g/mol. The summed E-state index contributed by atoms with van der Waals surface area (Å²) in [5, 5.41) is 0. The Morgan fingerprint density at radius 2 is 1.82 bits per heavy atom. The molecule has 2 saturated heterocycles. The van der Waals surface area contributed by atoms with Crippen LogP contribution in [0.4, 0.5) is 0 Å². The van der Waals surface area contributed by atoms with Crippen molar-refractivity contribution in [3.8, 4) is 0 Å². The second kappa shape index (κ2) is 8.32. The number of carbonyl (C=O) groups excluding carboxylic acids is 2. The van der Waals surface area contributed by atoms with Crippen LogP contribution in [-0.2, 0) is 9.59 Å². The fourth-order valence-corrected chi connectivity index (χ4v) is 3.20. The molecule has 0 unspecified atom stereocenters. The van der Waals surface area contributed by atoms with Crippen LogP contribution in [0.5, 0.6) is 0 Å². The van der Waals surface area contributed by atoms with Gasteiger partial charge in [0.15, 0.2) is 0 Å².